The second kappa shape index (κ2) is 10.8. The number of aromatic nitrogens is 1. The van der Waals surface area contributed by atoms with Crippen molar-refractivity contribution >= 4 is 40.6 Å². The molecule has 1 atom stereocenters. The van der Waals surface area contributed by atoms with Crippen LogP contribution in [0.4, 0.5) is 15.8 Å². The van der Waals surface area contributed by atoms with Crippen LogP contribution < -0.4 is 31.2 Å². The van der Waals surface area contributed by atoms with Crippen molar-refractivity contribution in [3.05, 3.63) is 64.4 Å². The van der Waals surface area contributed by atoms with Gasteiger partial charge in [-0.25, -0.2) is 4.39 Å². The lowest BCUT2D eigenvalue weighted by Gasteiger charge is -2.34. The standard InChI is InChI=1S/C25H28FN5O5S/c1-25(2,3)29-23(33)20(13-6-8-14(26)9-7-13)31(15-10-11-16(35-4)17(12-15)36-5)24(34)21-18(27)19(22(28)32)30-37-21/h6-12,20H,27H2,1-5H3,(H2,28,32)(H,29,33)/t20-/m0/s1. The fourth-order valence-corrected chi connectivity index (χ4v) is 4.34. The van der Waals surface area contributed by atoms with Crippen molar-refractivity contribution in [1.29, 1.82) is 0 Å². The highest BCUT2D eigenvalue weighted by molar-refractivity contribution is 7.09. The third-order valence-electron chi connectivity index (χ3n) is 5.21. The normalized spacial score (nSPS) is 11.9. The van der Waals surface area contributed by atoms with E-state index in [0.717, 1.165) is 0 Å². The number of nitrogens with two attached hydrogens (primary N) is 2. The van der Waals surface area contributed by atoms with Crippen LogP contribution in [0.25, 0.3) is 0 Å². The molecule has 12 heteroatoms. The molecule has 0 saturated heterocycles. The number of amides is 3. The zero-order valence-electron chi connectivity index (χ0n) is 21.0. The van der Waals surface area contributed by atoms with Gasteiger partial charge in [-0.3, -0.25) is 19.3 Å². The quantitative estimate of drug-likeness (QED) is 0.405. The summed E-state index contributed by atoms with van der Waals surface area (Å²) in [7, 11) is 2.89. The molecule has 1 aromatic heterocycles. The maximum atomic E-state index is 14.0. The van der Waals surface area contributed by atoms with Crippen LogP contribution in [0.5, 0.6) is 11.5 Å². The van der Waals surface area contributed by atoms with Crippen molar-refractivity contribution in [3.63, 3.8) is 0 Å². The van der Waals surface area contributed by atoms with Crippen molar-refractivity contribution in [3.8, 4) is 11.5 Å². The molecule has 3 rings (SSSR count). The molecule has 0 aliphatic heterocycles. The van der Waals surface area contributed by atoms with E-state index in [2.05, 4.69) is 9.69 Å². The van der Waals surface area contributed by atoms with Gasteiger partial charge in [0, 0.05) is 17.3 Å². The highest BCUT2D eigenvalue weighted by atomic mass is 32.1. The number of nitrogen functional groups attached to an aromatic ring is 1. The van der Waals surface area contributed by atoms with E-state index in [-0.39, 0.29) is 21.9 Å². The third kappa shape index (κ3) is 5.97. The van der Waals surface area contributed by atoms with Gasteiger partial charge >= 0.3 is 0 Å². The van der Waals surface area contributed by atoms with Gasteiger partial charge in [-0.2, -0.15) is 4.37 Å². The van der Waals surface area contributed by atoms with Crippen molar-refractivity contribution in [1.82, 2.24) is 9.69 Å². The predicted molar refractivity (Wildman–Crippen MR) is 138 cm³/mol. The van der Waals surface area contributed by atoms with E-state index in [1.807, 2.05) is 0 Å². The topological polar surface area (TPSA) is 150 Å². The van der Waals surface area contributed by atoms with Crippen molar-refractivity contribution in [2.75, 3.05) is 24.9 Å². The first-order valence-electron chi connectivity index (χ1n) is 11.1. The van der Waals surface area contributed by atoms with E-state index >= 15 is 0 Å². The molecule has 3 amide bonds. The summed E-state index contributed by atoms with van der Waals surface area (Å²) >= 11 is 0.678. The SMILES string of the molecule is COc1ccc(N(C(=O)c2snc(C(N)=O)c2N)[C@H](C(=O)NC(C)(C)C)c2ccc(F)cc2)cc1OC. The Kier molecular flexibility index (Phi) is 8.02. The van der Waals surface area contributed by atoms with Gasteiger partial charge < -0.3 is 26.3 Å². The van der Waals surface area contributed by atoms with Crippen LogP contribution in [-0.2, 0) is 4.79 Å². The Morgan fingerprint density at radius 3 is 2.19 bits per heavy atom. The van der Waals surface area contributed by atoms with E-state index in [1.165, 1.54) is 49.5 Å². The minimum atomic E-state index is -1.27. The van der Waals surface area contributed by atoms with Gasteiger partial charge in [0.05, 0.1) is 19.9 Å². The Bertz CT molecular complexity index is 1320. The summed E-state index contributed by atoms with van der Waals surface area (Å²) in [5, 5.41) is 2.88. The number of halogens is 1. The molecule has 196 valence electrons. The van der Waals surface area contributed by atoms with Crippen LogP contribution in [0.15, 0.2) is 42.5 Å². The average molecular weight is 530 g/mol. The van der Waals surface area contributed by atoms with Gasteiger partial charge in [-0.05, 0) is 62.1 Å². The molecule has 5 N–H and O–H groups in total. The van der Waals surface area contributed by atoms with E-state index in [9.17, 15) is 18.8 Å². The zero-order chi connectivity index (χ0) is 27.5. The number of hydrogen-bond acceptors (Lipinski definition) is 8. The minimum absolute atomic E-state index is 0.0979. The van der Waals surface area contributed by atoms with E-state index in [0.29, 0.717) is 28.6 Å². The smallest absolute Gasteiger partial charge is 0.273 e. The molecule has 0 saturated carbocycles. The van der Waals surface area contributed by atoms with Gasteiger partial charge in [0.2, 0.25) is 5.91 Å². The monoisotopic (exact) mass is 529 g/mol. The lowest BCUT2D eigenvalue weighted by atomic mass is 10.00. The first-order chi connectivity index (χ1) is 17.4. The molecule has 10 nitrogen and oxygen atoms in total. The van der Waals surface area contributed by atoms with Gasteiger partial charge in [-0.1, -0.05) is 12.1 Å². The summed E-state index contributed by atoms with van der Waals surface area (Å²) in [5.41, 5.74) is 10.9. The summed E-state index contributed by atoms with van der Waals surface area (Å²) < 4.78 is 28.4. The van der Waals surface area contributed by atoms with Crippen LogP contribution in [0.1, 0.15) is 52.5 Å². The Balaban J connectivity index is 2.29. The molecular weight excluding hydrogens is 501 g/mol. The summed E-state index contributed by atoms with van der Waals surface area (Å²) in [6.45, 7) is 5.36. The maximum Gasteiger partial charge on any atom is 0.273 e. The molecule has 0 radical (unpaired) electrons. The predicted octanol–water partition coefficient (Wildman–Crippen LogP) is 3.28. The number of primary amides is 1. The molecule has 2 aromatic carbocycles. The van der Waals surface area contributed by atoms with Crippen molar-refractivity contribution in [2.45, 2.75) is 32.4 Å². The Labute approximate surface area is 217 Å². The number of hydrogen-bond donors (Lipinski definition) is 3. The highest BCUT2D eigenvalue weighted by Crippen LogP contribution is 2.38. The molecule has 0 aliphatic rings. The van der Waals surface area contributed by atoms with E-state index < -0.39 is 35.1 Å². The van der Waals surface area contributed by atoms with E-state index in [1.54, 1.807) is 32.9 Å². The molecule has 0 spiro atoms. The molecule has 0 unspecified atom stereocenters. The Morgan fingerprint density at radius 1 is 1.05 bits per heavy atom. The fraction of sp³-hybridized carbons (Fsp3) is 0.280. The largest absolute Gasteiger partial charge is 0.493 e. The molecule has 1 heterocycles. The van der Waals surface area contributed by atoms with Gasteiger partial charge in [0.15, 0.2) is 17.2 Å². The van der Waals surface area contributed by atoms with E-state index in [4.69, 9.17) is 20.9 Å². The van der Waals surface area contributed by atoms with Crippen molar-refractivity contribution in [2.24, 2.45) is 5.73 Å². The molecule has 0 aliphatic carbocycles. The van der Waals surface area contributed by atoms with Crippen LogP contribution in [0.2, 0.25) is 0 Å². The number of ether oxygens (including phenoxy) is 2. The molecule has 3 aromatic rings. The molecular formula is C25H28FN5O5S. The molecule has 0 bridgehead atoms. The number of benzene rings is 2. The Hall–Kier alpha value is -4.19. The second-order valence-corrected chi connectivity index (χ2v) is 9.82. The molecule has 37 heavy (non-hydrogen) atoms. The van der Waals surface area contributed by atoms with Crippen LogP contribution in [0.3, 0.4) is 0 Å². The first kappa shape index (κ1) is 27.4. The van der Waals surface area contributed by atoms with Crippen LogP contribution in [0, 0.1) is 5.82 Å². The van der Waals surface area contributed by atoms with Crippen LogP contribution >= 0.6 is 11.5 Å². The fourth-order valence-electron chi connectivity index (χ4n) is 3.60. The minimum Gasteiger partial charge on any atom is -0.493 e. The number of nitrogens with zero attached hydrogens (tertiary/aromatic N) is 2. The summed E-state index contributed by atoms with van der Waals surface area (Å²) in [4.78, 5) is 40.6. The highest BCUT2D eigenvalue weighted by Gasteiger charge is 2.37. The number of methoxy groups -OCH3 is 2. The first-order valence-corrected chi connectivity index (χ1v) is 11.8. The third-order valence-corrected chi connectivity index (χ3v) is 6.06. The van der Waals surface area contributed by atoms with Gasteiger partial charge in [0.1, 0.15) is 16.7 Å². The zero-order valence-corrected chi connectivity index (χ0v) is 21.8. The van der Waals surface area contributed by atoms with Gasteiger partial charge in [0.25, 0.3) is 11.8 Å². The number of anilines is 2. The summed E-state index contributed by atoms with van der Waals surface area (Å²) in [6.07, 6.45) is 0. The lowest BCUT2D eigenvalue weighted by Crippen LogP contribution is -2.49. The second-order valence-electron chi connectivity index (χ2n) is 9.05. The maximum absolute atomic E-state index is 14.0. The Morgan fingerprint density at radius 2 is 1.68 bits per heavy atom. The summed E-state index contributed by atoms with van der Waals surface area (Å²) in [6, 6.07) is 8.58. The molecule has 0 fully saturated rings. The summed E-state index contributed by atoms with van der Waals surface area (Å²) in [5.74, 6) is -1.99. The average Bonchev–Trinajstić information content (AvgIpc) is 3.22. The van der Waals surface area contributed by atoms with Crippen LogP contribution in [-0.4, -0.2) is 41.9 Å². The number of carbonyl (C=O) groups excluding carboxylic acids is 3. The van der Waals surface area contributed by atoms with Gasteiger partial charge in [-0.15, -0.1) is 0 Å². The number of carbonyl (C=O) groups is 3. The van der Waals surface area contributed by atoms with Crippen molar-refractivity contribution < 1.29 is 28.2 Å². The number of nitrogens with one attached hydrogen (secondary N) is 1. The number of rotatable bonds is 8. The lowest BCUT2D eigenvalue weighted by molar-refractivity contribution is -0.123.